The minimum absolute atomic E-state index is 0.0830. The SMILES string of the molecule is CC(C)N1C[C@@H](C(=O)N2CCN(c3ncnc4nc[nH]c34)CC2)CC1=O. The summed E-state index contributed by atoms with van der Waals surface area (Å²) in [6, 6.07) is 0.145. The number of carbonyl (C=O) groups excluding carboxylic acids is 2. The summed E-state index contributed by atoms with van der Waals surface area (Å²) >= 11 is 0. The van der Waals surface area contributed by atoms with Crippen molar-refractivity contribution in [1.29, 1.82) is 0 Å². The van der Waals surface area contributed by atoms with E-state index in [2.05, 4.69) is 24.8 Å². The summed E-state index contributed by atoms with van der Waals surface area (Å²) in [5.74, 6) is 0.784. The van der Waals surface area contributed by atoms with Gasteiger partial charge in [-0.1, -0.05) is 0 Å². The van der Waals surface area contributed by atoms with E-state index in [0.717, 1.165) is 11.3 Å². The van der Waals surface area contributed by atoms with Crippen LogP contribution in [0.1, 0.15) is 20.3 Å². The number of imidazole rings is 1. The lowest BCUT2D eigenvalue weighted by Gasteiger charge is -2.36. The number of carbonyl (C=O) groups is 2. The van der Waals surface area contributed by atoms with Crippen LogP contribution in [0.5, 0.6) is 0 Å². The van der Waals surface area contributed by atoms with Crippen molar-refractivity contribution in [2.24, 2.45) is 5.92 Å². The molecular formula is C17H23N7O2. The van der Waals surface area contributed by atoms with Gasteiger partial charge in [-0.2, -0.15) is 0 Å². The van der Waals surface area contributed by atoms with Crippen LogP contribution in [0.2, 0.25) is 0 Å². The van der Waals surface area contributed by atoms with E-state index in [1.54, 1.807) is 11.2 Å². The van der Waals surface area contributed by atoms with E-state index in [4.69, 9.17) is 0 Å². The number of aromatic amines is 1. The molecular weight excluding hydrogens is 334 g/mol. The third-order valence-electron chi connectivity index (χ3n) is 5.22. The van der Waals surface area contributed by atoms with Crippen molar-refractivity contribution in [3.8, 4) is 0 Å². The van der Waals surface area contributed by atoms with Gasteiger partial charge < -0.3 is 19.7 Å². The molecule has 26 heavy (non-hydrogen) atoms. The first-order valence-corrected chi connectivity index (χ1v) is 9.02. The molecule has 0 radical (unpaired) electrons. The fourth-order valence-corrected chi connectivity index (χ4v) is 3.78. The van der Waals surface area contributed by atoms with E-state index in [1.165, 1.54) is 6.33 Å². The number of hydrogen-bond donors (Lipinski definition) is 1. The Morgan fingerprint density at radius 2 is 1.96 bits per heavy atom. The predicted octanol–water partition coefficient (Wildman–Crippen LogP) is 0.258. The average Bonchev–Trinajstić information content (AvgIpc) is 3.27. The minimum atomic E-state index is -0.213. The van der Waals surface area contributed by atoms with Gasteiger partial charge >= 0.3 is 0 Å². The summed E-state index contributed by atoms with van der Waals surface area (Å²) < 4.78 is 0. The third-order valence-corrected chi connectivity index (χ3v) is 5.22. The number of fused-ring (bicyclic) bond motifs is 1. The maximum atomic E-state index is 12.8. The number of H-pyrrole nitrogens is 1. The number of likely N-dealkylation sites (tertiary alicyclic amines) is 1. The highest BCUT2D eigenvalue weighted by atomic mass is 16.2. The molecule has 2 aromatic rings. The summed E-state index contributed by atoms with van der Waals surface area (Å²) in [4.78, 5) is 46.5. The van der Waals surface area contributed by atoms with Crippen molar-refractivity contribution in [1.82, 2.24) is 29.7 Å². The molecule has 9 nitrogen and oxygen atoms in total. The Hall–Kier alpha value is -2.71. The fourth-order valence-electron chi connectivity index (χ4n) is 3.78. The van der Waals surface area contributed by atoms with E-state index in [9.17, 15) is 9.59 Å². The molecule has 2 aliphatic rings. The molecule has 2 amide bonds. The molecule has 4 heterocycles. The largest absolute Gasteiger partial charge is 0.351 e. The quantitative estimate of drug-likeness (QED) is 0.846. The lowest BCUT2D eigenvalue weighted by atomic mass is 10.1. The number of nitrogens with zero attached hydrogens (tertiary/aromatic N) is 6. The summed E-state index contributed by atoms with van der Waals surface area (Å²) in [5.41, 5.74) is 1.47. The molecule has 0 aromatic carbocycles. The van der Waals surface area contributed by atoms with Crippen molar-refractivity contribution >= 4 is 28.8 Å². The number of anilines is 1. The highest BCUT2D eigenvalue weighted by molar-refractivity contribution is 5.89. The van der Waals surface area contributed by atoms with E-state index in [-0.39, 0.29) is 23.8 Å². The molecule has 0 bridgehead atoms. The number of nitrogens with one attached hydrogen (secondary N) is 1. The maximum Gasteiger partial charge on any atom is 0.228 e. The fraction of sp³-hybridized carbons (Fsp3) is 0.588. The van der Waals surface area contributed by atoms with Gasteiger partial charge in [0.2, 0.25) is 11.8 Å². The minimum Gasteiger partial charge on any atom is -0.351 e. The first kappa shape index (κ1) is 16.7. The zero-order valence-corrected chi connectivity index (χ0v) is 15.1. The zero-order chi connectivity index (χ0) is 18.3. The van der Waals surface area contributed by atoms with Crippen LogP contribution in [0.15, 0.2) is 12.7 Å². The Morgan fingerprint density at radius 3 is 2.65 bits per heavy atom. The van der Waals surface area contributed by atoms with E-state index < -0.39 is 0 Å². The second-order valence-corrected chi connectivity index (χ2v) is 7.15. The summed E-state index contributed by atoms with van der Waals surface area (Å²) in [7, 11) is 0. The van der Waals surface area contributed by atoms with Crippen molar-refractivity contribution in [3.63, 3.8) is 0 Å². The molecule has 4 rings (SSSR count). The molecule has 2 fully saturated rings. The van der Waals surface area contributed by atoms with Crippen molar-refractivity contribution < 1.29 is 9.59 Å². The Kier molecular flexibility index (Phi) is 4.21. The first-order chi connectivity index (χ1) is 12.5. The molecule has 1 N–H and O–H groups in total. The van der Waals surface area contributed by atoms with Crippen LogP contribution in [0.4, 0.5) is 5.82 Å². The zero-order valence-electron chi connectivity index (χ0n) is 15.1. The summed E-state index contributed by atoms with van der Waals surface area (Å²) in [6.07, 6.45) is 3.46. The van der Waals surface area contributed by atoms with Gasteiger partial charge in [0, 0.05) is 45.2 Å². The van der Waals surface area contributed by atoms with E-state index in [0.29, 0.717) is 44.8 Å². The molecule has 0 unspecified atom stereocenters. The maximum absolute atomic E-state index is 12.8. The highest BCUT2D eigenvalue weighted by Gasteiger charge is 2.38. The molecule has 2 aromatic heterocycles. The van der Waals surface area contributed by atoms with Crippen molar-refractivity contribution in [2.45, 2.75) is 26.3 Å². The number of aromatic nitrogens is 4. The Labute approximate surface area is 151 Å². The Morgan fingerprint density at radius 1 is 1.19 bits per heavy atom. The smallest absolute Gasteiger partial charge is 0.228 e. The van der Waals surface area contributed by atoms with Gasteiger partial charge in [-0.05, 0) is 13.8 Å². The van der Waals surface area contributed by atoms with Gasteiger partial charge in [0.15, 0.2) is 11.5 Å². The van der Waals surface area contributed by atoms with E-state index >= 15 is 0 Å². The van der Waals surface area contributed by atoms with Crippen LogP contribution in [-0.2, 0) is 9.59 Å². The molecule has 138 valence electrons. The molecule has 0 saturated carbocycles. The van der Waals surface area contributed by atoms with Gasteiger partial charge in [-0.3, -0.25) is 9.59 Å². The summed E-state index contributed by atoms with van der Waals surface area (Å²) in [6.45, 7) is 7.17. The van der Waals surface area contributed by atoms with Crippen LogP contribution >= 0.6 is 0 Å². The van der Waals surface area contributed by atoms with Gasteiger partial charge in [0.05, 0.1) is 12.2 Å². The van der Waals surface area contributed by atoms with Crippen molar-refractivity contribution in [3.05, 3.63) is 12.7 Å². The highest BCUT2D eigenvalue weighted by Crippen LogP contribution is 2.24. The number of rotatable bonds is 3. The number of amides is 2. The monoisotopic (exact) mass is 357 g/mol. The molecule has 9 heteroatoms. The van der Waals surface area contributed by atoms with Gasteiger partial charge in [0.1, 0.15) is 11.8 Å². The van der Waals surface area contributed by atoms with Gasteiger partial charge in [-0.15, -0.1) is 0 Å². The first-order valence-electron chi connectivity index (χ1n) is 9.02. The molecule has 2 aliphatic heterocycles. The standard InChI is InChI=1S/C17H23N7O2/c1-11(2)24-8-12(7-13(24)25)17(26)23-5-3-22(4-6-23)16-14-15(19-9-18-14)20-10-21-16/h9-12H,3-8H2,1-2H3,(H,18,19,20,21)/t12-/m0/s1. The molecule has 2 saturated heterocycles. The molecule has 0 aliphatic carbocycles. The van der Waals surface area contributed by atoms with Gasteiger partial charge in [-0.25, -0.2) is 15.0 Å². The van der Waals surface area contributed by atoms with Gasteiger partial charge in [0.25, 0.3) is 0 Å². The third kappa shape index (κ3) is 2.87. The van der Waals surface area contributed by atoms with Crippen LogP contribution in [0.3, 0.4) is 0 Å². The Bertz CT molecular complexity index is 825. The Balaban J connectivity index is 1.40. The topological polar surface area (TPSA) is 98.3 Å². The van der Waals surface area contributed by atoms with E-state index in [1.807, 2.05) is 18.7 Å². The average molecular weight is 357 g/mol. The number of piperazine rings is 1. The summed E-state index contributed by atoms with van der Waals surface area (Å²) in [5, 5.41) is 0. The van der Waals surface area contributed by atoms with Crippen LogP contribution in [0.25, 0.3) is 11.2 Å². The second kappa shape index (κ2) is 6.54. The van der Waals surface area contributed by atoms with Crippen LogP contribution in [0, 0.1) is 5.92 Å². The van der Waals surface area contributed by atoms with Crippen LogP contribution < -0.4 is 4.90 Å². The van der Waals surface area contributed by atoms with Crippen LogP contribution in [-0.4, -0.2) is 80.3 Å². The lowest BCUT2D eigenvalue weighted by molar-refractivity contribution is -0.136. The molecule has 0 spiro atoms. The molecule has 1 atom stereocenters. The predicted molar refractivity (Wildman–Crippen MR) is 95.4 cm³/mol. The normalized spacial score (nSPS) is 21.3. The number of hydrogen-bond acceptors (Lipinski definition) is 6. The van der Waals surface area contributed by atoms with Crippen molar-refractivity contribution in [2.75, 3.05) is 37.6 Å². The lowest BCUT2D eigenvalue weighted by Crippen LogP contribution is -2.51. The second-order valence-electron chi connectivity index (χ2n) is 7.15.